The van der Waals surface area contributed by atoms with Gasteiger partial charge < -0.3 is 15.3 Å². The molecule has 2 aromatic heterocycles. The number of imidazole rings is 1. The van der Waals surface area contributed by atoms with Crippen LogP contribution in [0.1, 0.15) is 20.8 Å². The minimum absolute atomic E-state index is 0.000476. The Labute approximate surface area is 123 Å². The summed E-state index contributed by atoms with van der Waals surface area (Å²) in [5, 5.41) is 28.1. The lowest BCUT2D eigenvalue weighted by molar-refractivity contribution is 0.0691. The Hall–Kier alpha value is -3.35. The molecule has 3 N–H and O–H groups in total. The van der Waals surface area contributed by atoms with Gasteiger partial charge in [0.05, 0.1) is 11.1 Å². The van der Waals surface area contributed by atoms with Crippen molar-refractivity contribution in [3.8, 4) is 17.1 Å². The van der Waals surface area contributed by atoms with Crippen molar-refractivity contribution >= 4 is 17.5 Å². The number of carboxylic acid groups (broad SMARTS) is 2. The van der Waals surface area contributed by atoms with Gasteiger partial charge >= 0.3 is 11.9 Å². The molecule has 0 amide bonds. The number of phenols is 1. The lowest BCUT2D eigenvalue weighted by atomic mass is 10.2. The molecule has 0 saturated heterocycles. The molecule has 0 saturated carbocycles. The molecular formula is C15H10N2O5. The van der Waals surface area contributed by atoms with E-state index in [4.69, 9.17) is 0 Å². The van der Waals surface area contributed by atoms with Crippen LogP contribution in [0.2, 0.25) is 0 Å². The molecule has 0 atom stereocenters. The summed E-state index contributed by atoms with van der Waals surface area (Å²) in [5.41, 5.74) is -0.0268. The van der Waals surface area contributed by atoms with Crippen LogP contribution in [0.5, 0.6) is 5.75 Å². The molecule has 3 aromatic rings. The van der Waals surface area contributed by atoms with Gasteiger partial charge in [-0.1, -0.05) is 12.1 Å². The van der Waals surface area contributed by atoms with Crippen LogP contribution in [0.25, 0.3) is 16.9 Å². The molecular weight excluding hydrogens is 288 g/mol. The zero-order chi connectivity index (χ0) is 15.9. The second-order valence-corrected chi connectivity index (χ2v) is 4.59. The SMILES string of the molecule is O=C(O)c1cccn2c(-c3cccc(O)c3)nc(C(=O)O)c12. The number of carbonyl (C=O) groups is 2. The van der Waals surface area contributed by atoms with E-state index < -0.39 is 11.9 Å². The summed E-state index contributed by atoms with van der Waals surface area (Å²) in [6.45, 7) is 0. The van der Waals surface area contributed by atoms with Gasteiger partial charge in [-0.2, -0.15) is 0 Å². The van der Waals surface area contributed by atoms with Crippen LogP contribution >= 0.6 is 0 Å². The molecule has 1 aromatic carbocycles. The van der Waals surface area contributed by atoms with E-state index in [2.05, 4.69) is 4.98 Å². The third-order valence-corrected chi connectivity index (χ3v) is 3.20. The first-order valence-electron chi connectivity index (χ1n) is 6.26. The molecule has 110 valence electrons. The fourth-order valence-electron chi connectivity index (χ4n) is 2.31. The standard InChI is InChI=1S/C15H10N2O5/c18-9-4-1-3-8(7-9)13-16-11(15(21)22)12-10(14(19)20)5-2-6-17(12)13/h1-7,18H,(H,19,20)(H,21,22). The Kier molecular flexibility index (Phi) is 3.03. The number of fused-ring (bicyclic) bond motifs is 1. The molecule has 7 heteroatoms. The Bertz CT molecular complexity index is 913. The minimum atomic E-state index is -1.32. The van der Waals surface area contributed by atoms with Gasteiger partial charge in [0.15, 0.2) is 5.69 Å². The molecule has 0 fully saturated rings. The van der Waals surface area contributed by atoms with E-state index in [1.165, 1.54) is 34.9 Å². The number of aromatic hydroxyl groups is 1. The highest BCUT2D eigenvalue weighted by molar-refractivity contribution is 6.04. The van der Waals surface area contributed by atoms with E-state index in [1.54, 1.807) is 12.1 Å². The van der Waals surface area contributed by atoms with Gasteiger partial charge in [0.2, 0.25) is 0 Å². The van der Waals surface area contributed by atoms with Crippen LogP contribution in [0.3, 0.4) is 0 Å². The summed E-state index contributed by atoms with van der Waals surface area (Å²) < 4.78 is 1.39. The Morgan fingerprint density at radius 3 is 2.45 bits per heavy atom. The average Bonchev–Trinajstić information content (AvgIpc) is 2.86. The highest BCUT2D eigenvalue weighted by Gasteiger charge is 2.22. The van der Waals surface area contributed by atoms with Crippen LogP contribution in [-0.2, 0) is 0 Å². The van der Waals surface area contributed by atoms with Crippen LogP contribution in [0.4, 0.5) is 0 Å². The first-order chi connectivity index (χ1) is 10.5. The number of rotatable bonds is 3. The summed E-state index contributed by atoms with van der Waals surface area (Å²) in [6.07, 6.45) is 1.53. The second-order valence-electron chi connectivity index (χ2n) is 4.59. The van der Waals surface area contributed by atoms with Crippen LogP contribution in [0, 0.1) is 0 Å². The molecule has 3 rings (SSSR count). The molecule has 0 bridgehead atoms. The van der Waals surface area contributed by atoms with Gasteiger partial charge in [0.1, 0.15) is 11.6 Å². The normalized spacial score (nSPS) is 10.7. The van der Waals surface area contributed by atoms with Crippen LogP contribution < -0.4 is 0 Å². The first kappa shape index (κ1) is 13.6. The maximum atomic E-state index is 11.4. The van der Waals surface area contributed by atoms with E-state index in [1.807, 2.05) is 0 Å². The Morgan fingerprint density at radius 1 is 1.05 bits per heavy atom. The monoisotopic (exact) mass is 298 g/mol. The molecule has 2 heterocycles. The number of carboxylic acids is 2. The number of hydrogen-bond donors (Lipinski definition) is 3. The maximum Gasteiger partial charge on any atom is 0.356 e. The fourth-order valence-corrected chi connectivity index (χ4v) is 2.31. The Morgan fingerprint density at radius 2 is 1.82 bits per heavy atom. The quantitative estimate of drug-likeness (QED) is 0.682. The largest absolute Gasteiger partial charge is 0.508 e. The molecule has 7 nitrogen and oxygen atoms in total. The first-order valence-corrected chi connectivity index (χ1v) is 6.26. The van der Waals surface area contributed by atoms with E-state index in [-0.39, 0.29) is 28.3 Å². The number of hydrogen-bond acceptors (Lipinski definition) is 4. The molecule has 0 aliphatic rings. The van der Waals surface area contributed by atoms with E-state index in [0.717, 1.165) is 0 Å². The summed E-state index contributed by atoms with van der Waals surface area (Å²) >= 11 is 0. The molecule has 0 aliphatic carbocycles. The minimum Gasteiger partial charge on any atom is -0.508 e. The number of nitrogens with zero attached hydrogens (tertiary/aromatic N) is 2. The van der Waals surface area contributed by atoms with Crippen molar-refractivity contribution in [3.05, 3.63) is 53.9 Å². The zero-order valence-corrected chi connectivity index (χ0v) is 11.1. The lowest BCUT2D eigenvalue weighted by Crippen LogP contribution is -2.04. The van der Waals surface area contributed by atoms with E-state index in [9.17, 15) is 24.9 Å². The van der Waals surface area contributed by atoms with Crippen molar-refractivity contribution in [2.45, 2.75) is 0 Å². The van der Waals surface area contributed by atoms with Gasteiger partial charge in [-0.05, 0) is 24.3 Å². The van der Waals surface area contributed by atoms with Crippen LogP contribution in [0.15, 0.2) is 42.6 Å². The van der Waals surface area contributed by atoms with Gasteiger partial charge in [-0.25, -0.2) is 14.6 Å². The van der Waals surface area contributed by atoms with Gasteiger partial charge in [-0.3, -0.25) is 4.40 Å². The number of aromatic nitrogens is 2. The van der Waals surface area contributed by atoms with Crippen molar-refractivity contribution < 1.29 is 24.9 Å². The highest BCUT2D eigenvalue weighted by atomic mass is 16.4. The number of aromatic carboxylic acids is 2. The fraction of sp³-hybridized carbons (Fsp3) is 0. The average molecular weight is 298 g/mol. The molecule has 0 aliphatic heterocycles. The second kappa shape index (κ2) is 4.88. The summed E-state index contributed by atoms with van der Waals surface area (Å²) in [5.74, 6) is -2.32. The maximum absolute atomic E-state index is 11.4. The van der Waals surface area contributed by atoms with Crippen molar-refractivity contribution in [2.24, 2.45) is 0 Å². The predicted octanol–water partition coefficient (Wildman–Crippen LogP) is 2.10. The third-order valence-electron chi connectivity index (χ3n) is 3.20. The van der Waals surface area contributed by atoms with E-state index >= 15 is 0 Å². The molecule has 0 unspecified atom stereocenters. The number of pyridine rings is 1. The third kappa shape index (κ3) is 2.05. The van der Waals surface area contributed by atoms with Crippen molar-refractivity contribution in [1.82, 2.24) is 9.38 Å². The van der Waals surface area contributed by atoms with Gasteiger partial charge in [0.25, 0.3) is 0 Å². The van der Waals surface area contributed by atoms with Gasteiger partial charge in [-0.15, -0.1) is 0 Å². The molecule has 0 spiro atoms. The van der Waals surface area contributed by atoms with Crippen molar-refractivity contribution in [3.63, 3.8) is 0 Å². The van der Waals surface area contributed by atoms with Crippen molar-refractivity contribution in [2.75, 3.05) is 0 Å². The summed E-state index contributed by atoms with van der Waals surface area (Å²) in [4.78, 5) is 26.7. The van der Waals surface area contributed by atoms with E-state index in [0.29, 0.717) is 5.56 Å². The molecule has 22 heavy (non-hydrogen) atoms. The highest BCUT2D eigenvalue weighted by Crippen LogP contribution is 2.27. The van der Waals surface area contributed by atoms with Gasteiger partial charge in [0, 0.05) is 11.8 Å². The lowest BCUT2D eigenvalue weighted by Gasteiger charge is -2.03. The predicted molar refractivity (Wildman–Crippen MR) is 76.2 cm³/mol. The number of benzene rings is 1. The zero-order valence-electron chi connectivity index (χ0n) is 11.1. The van der Waals surface area contributed by atoms with Crippen molar-refractivity contribution in [1.29, 1.82) is 0 Å². The van der Waals surface area contributed by atoms with Crippen LogP contribution in [-0.4, -0.2) is 36.6 Å². The topological polar surface area (TPSA) is 112 Å². The molecule has 0 radical (unpaired) electrons. The summed E-state index contributed by atoms with van der Waals surface area (Å²) in [6, 6.07) is 8.95. The Balaban J connectivity index is 2.41. The number of phenolic OH excluding ortho intramolecular Hbond substituents is 1. The summed E-state index contributed by atoms with van der Waals surface area (Å²) in [7, 11) is 0. The smallest absolute Gasteiger partial charge is 0.356 e.